The van der Waals surface area contributed by atoms with E-state index in [-0.39, 0.29) is 11.5 Å². The molecule has 0 unspecified atom stereocenters. The Hall–Kier alpha value is -1.73. The maximum absolute atomic E-state index is 13.6. The first kappa shape index (κ1) is 12.7. The zero-order valence-electron chi connectivity index (χ0n) is 9.05. The zero-order chi connectivity index (χ0) is 13.1. The van der Waals surface area contributed by atoms with Crippen molar-refractivity contribution in [3.8, 4) is 0 Å². The minimum Gasteiger partial charge on any atom is -0.335 e. The predicted molar refractivity (Wildman–Crippen MR) is 69.4 cm³/mol. The van der Waals surface area contributed by atoms with Crippen LogP contribution in [0.2, 0.25) is 0 Å². The normalized spacial score (nSPS) is 10.2. The Morgan fingerprint density at radius 3 is 2.33 bits per heavy atom. The molecule has 2 aromatic rings. The summed E-state index contributed by atoms with van der Waals surface area (Å²) in [5.41, 5.74) is 2.08. The first-order chi connectivity index (χ1) is 8.60. The molecule has 0 aliphatic carbocycles. The fraction of sp³-hybridized carbons (Fsp3) is 0. The molecule has 0 saturated carbocycles. The second-order valence-electron chi connectivity index (χ2n) is 3.42. The maximum Gasteiger partial charge on any atom is 0.150 e. The summed E-state index contributed by atoms with van der Waals surface area (Å²) in [6.07, 6.45) is 0. The highest BCUT2D eigenvalue weighted by molar-refractivity contribution is 9.10. The number of hydrogen-bond acceptors (Lipinski definition) is 4. The van der Waals surface area contributed by atoms with Gasteiger partial charge in [-0.05, 0) is 24.3 Å². The molecule has 18 heavy (non-hydrogen) atoms. The topological polar surface area (TPSA) is 63.0 Å². The monoisotopic (exact) mass is 314 g/mol. The van der Waals surface area contributed by atoms with E-state index in [0.29, 0.717) is 10.3 Å². The number of halogens is 3. The van der Waals surface area contributed by atoms with Crippen LogP contribution in [-0.4, -0.2) is 4.98 Å². The van der Waals surface area contributed by atoms with Gasteiger partial charge in [-0.3, -0.25) is 0 Å². The summed E-state index contributed by atoms with van der Waals surface area (Å²) in [7, 11) is 0. The molecule has 1 aromatic heterocycles. The first-order valence-corrected chi connectivity index (χ1v) is 5.74. The Morgan fingerprint density at radius 2 is 1.72 bits per heavy atom. The van der Waals surface area contributed by atoms with Gasteiger partial charge < -0.3 is 10.7 Å². The van der Waals surface area contributed by atoms with E-state index in [1.807, 2.05) is 0 Å². The molecule has 0 atom stereocenters. The smallest absolute Gasteiger partial charge is 0.150 e. The highest BCUT2D eigenvalue weighted by Crippen LogP contribution is 2.26. The molecule has 0 fully saturated rings. The average molecular weight is 315 g/mol. The number of anilines is 3. The van der Waals surface area contributed by atoms with Gasteiger partial charge in [0.25, 0.3) is 0 Å². The van der Waals surface area contributed by atoms with Gasteiger partial charge in [0, 0.05) is 4.47 Å². The van der Waals surface area contributed by atoms with Gasteiger partial charge in [-0.1, -0.05) is 22.0 Å². The van der Waals surface area contributed by atoms with Gasteiger partial charge in [0.05, 0.1) is 0 Å². The fourth-order valence-corrected chi connectivity index (χ4v) is 1.78. The highest BCUT2D eigenvalue weighted by atomic mass is 79.9. The van der Waals surface area contributed by atoms with Crippen LogP contribution in [0, 0.1) is 11.6 Å². The SMILES string of the molecule is NNc1cccc(Nc2c(F)cc(Br)cc2F)n1. The standard InChI is InChI=1S/C11H9BrF2N4/c12-6-4-7(13)11(8(14)5-6)17-9-2-1-3-10(16-9)18-15/h1-5H,15H2,(H2,16,17,18). The van der Waals surface area contributed by atoms with Crippen molar-refractivity contribution < 1.29 is 8.78 Å². The van der Waals surface area contributed by atoms with Gasteiger partial charge in [-0.2, -0.15) is 0 Å². The van der Waals surface area contributed by atoms with E-state index in [1.54, 1.807) is 18.2 Å². The number of rotatable bonds is 3. The molecule has 94 valence electrons. The minimum absolute atomic E-state index is 0.264. The largest absolute Gasteiger partial charge is 0.335 e. The number of nitrogens with one attached hydrogen (secondary N) is 2. The molecular weight excluding hydrogens is 306 g/mol. The van der Waals surface area contributed by atoms with Gasteiger partial charge in [0.15, 0.2) is 11.6 Å². The first-order valence-electron chi connectivity index (χ1n) is 4.95. The third-order valence-corrected chi connectivity index (χ3v) is 2.61. The number of hydrazine groups is 1. The number of nitrogen functional groups attached to an aromatic ring is 1. The summed E-state index contributed by atoms with van der Waals surface area (Å²) in [5.74, 6) is 4.44. The van der Waals surface area contributed by atoms with Gasteiger partial charge in [-0.15, -0.1) is 0 Å². The number of nitrogens with two attached hydrogens (primary N) is 1. The van der Waals surface area contributed by atoms with Gasteiger partial charge >= 0.3 is 0 Å². The van der Waals surface area contributed by atoms with E-state index in [0.717, 1.165) is 12.1 Å². The number of pyridine rings is 1. The molecule has 0 spiro atoms. The molecule has 4 nitrogen and oxygen atoms in total. The summed E-state index contributed by atoms with van der Waals surface area (Å²) in [4.78, 5) is 4.00. The highest BCUT2D eigenvalue weighted by Gasteiger charge is 2.11. The Bertz CT molecular complexity index is 554. The van der Waals surface area contributed by atoms with Gasteiger partial charge in [0.2, 0.25) is 0 Å². The van der Waals surface area contributed by atoms with Crippen molar-refractivity contribution in [2.45, 2.75) is 0 Å². The molecule has 4 N–H and O–H groups in total. The van der Waals surface area contributed by atoms with Crippen LogP contribution < -0.4 is 16.6 Å². The molecule has 0 saturated heterocycles. The van der Waals surface area contributed by atoms with Crippen molar-refractivity contribution in [2.75, 3.05) is 10.7 Å². The number of aromatic nitrogens is 1. The lowest BCUT2D eigenvalue weighted by atomic mass is 10.3. The van der Waals surface area contributed by atoms with Crippen molar-refractivity contribution in [1.29, 1.82) is 0 Å². The van der Waals surface area contributed by atoms with E-state index in [2.05, 4.69) is 31.7 Å². The van der Waals surface area contributed by atoms with Crippen LogP contribution in [0.15, 0.2) is 34.8 Å². The molecule has 1 aromatic carbocycles. The summed E-state index contributed by atoms with van der Waals surface area (Å²) >= 11 is 3.01. The van der Waals surface area contributed by atoms with Gasteiger partial charge in [-0.25, -0.2) is 19.6 Å². The fourth-order valence-electron chi connectivity index (χ4n) is 1.37. The van der Waals surface area contributed by atoms with E-state index in [4.69, 9.17) is 5.84 Å². The van der Waals surface area contributed by atoms with Crippen molar-refractivity contribution >= 4 is 33.3 Å². The third-order valence-electron chi connectivity index (χ3n) is 2.16. The van der Waals surface area contributed by atoms with E-state index < -0.39 is 11.6 Å². The second kappa shape index (κ2) is 5.28. The Balaban J connectivity index is 2.33. The molecule has 7 heteroatoms. The van der Waals surface area contributed by atoms with Crippen LogP contribution in [0.5, 0.6) is 0 Å². The number of benzene rings is 1. The predicted octanol–water partition coefficient (Wildman–Crippen LogP) is 3.15. The lowest BCUT2D eigenvalue weighted by molar-refractivity contribution is 0.589. The summed E-state index contributed by atoms with van der Waals surface area (Å²) in [6, 6.07) is 7.17. The Labute approximate surface area is 110 Å². The van der Waals surface area contributed by atoms with Crippen LogP contribution in [0.3, 0.4) is 0 Å². The minimum atomic E-state index is -0.713. The molecule has 1 heterocycles. The zero-order valence-corrected chi connectivity index (χ0v) is 10.6. The Morgan fingerprint density at radius 1 is 1.11 bits per heavy atom. The lowest BCUT2D eigenvalue weighted by Crippen LogP contribution is -2.09. The van der Waals surface area contributed by atoms with Crippen LogP contribution >= 0.6 is 15.9 Å². The van der Waals surface area contributed by atoms with Gasteiger partial charge in [0.1, 0.15) is 17.3 Å². The van der Waals surface area contributed by atoms with E-state index >= 15 is 0 Å². The molecule has 0 amide bonds. The molecule has 2 rings (SSSR count). The molecule has 0 bridgehead atoms. The van der Waals surface area contributed by atoms with Crippen LogP contribution in [0.1, 0.15) is 0 Å². The number of hydrogen-bond donors (Lipinski definition) is 3. The second-order valence-corrected chi connectivity index (χ2v) is 4.34. The summed E-state index contributed by atoms with van der Waals surface area (Å²) in [6.45, 7) is 0. The lowest BCUT2D eigenvalue weighted by Gasteiger charge is -2.09. The van der Waals surface area contributed by atoms with Crippen molar-refractivity contribution in [3.05, 3.63) is 46.4 Å². The average Bonchev–Trinajstić information content (AvgIpc) is 2.34. The summed E-state index contributed by atoms with van der Waals surface area (Å²) in [5, 5.41) is 2.56. The van der Waals surface area contributed by atoms with Crippen molar-refractivity contribution in [2.24, 2.45) is 5.84 Å². The molecule has 0 aliphatic heterocycles. The molecular formula is C11H9BrF2N4. The van der Waals surface area contributed by atoms with Crippen molar-refractivity contribution in [1.82, 2.24) is 4.98 Å². The van der Waals surface area contributed by atoms with Crippen molar-refractivity contribution in [3.63, 3.8) is 0 Å². The van der Waals surface area contributed by atoms with E-state index in [9.17, 15) is 8.78 Å². The number of nitrogens with zero attached hydrogens (tertiary/aromatic N) is 1. The van der Waals surface area contributed by atoms with Crippen LogP contribution in [0.4, 0.5) is 26.1 Å². The molecule has 0 radical (unpaired) electrons. The third kappa shape index (κ3) is 2.74. The summed E-state index contributed by atoms with van der Waals surface area (Å²) < 4.78 is 27.5. The Kier molecular flexibility index (Phi) is 3.73. The molecule has 0 aliphatic rings. The van der Waals surface area contributed by atoms with E-state index in [1.165, 1.54) is 0 Å². The maximum atomic E-state index is 13.6. The van der Waals surface area contributed by atoms with Crippen LogP contribution in [-0.2, 0) is 0 Å². The van der Waals surface area contributed by atoms with Crippen LogP contribution in [0.25, 0.3) is 0 Å². The quantitative estimate of drug-likeness (QED) is 0.601.